The lowest BCUT2D eigenvalue weighted by Gasteiger charge is -2.31. The number of furan rings is 1. The van der Waals surface area contributed by atoms with Crippen molar-refractivity contribution in [3.05, 3.63) is 41.1 Å². The lowest BCUT2D eigenvalue weighted by molar-refractivity contribution is 0.0930. The number of carbonyl (C=O) groups is 1. The third kappa shape index (κ3) is 3.06. The maximum Gasteiger partial charge on any atom is 0.286 e. The zero-order valence-electron chi connectivity index (χ0n) is 13.1. The maximum atomic E-state index is 11.5. The number of aryl methyl sites for hydroxylation is 1. The number of likely N-dealkylation sites (tertiary alicyclic amines) is 1. The molecule has 22 heavy (non-hydrogen) atoms. The van der Waals surface area contributed by atoms with Crippen LogP contribution in [0.3, 0.4) is 0 Å². The number of hydrogen-bond donors (Lipinski definition) is 2. The fourth-order valence-electron chi connectivity index (χ4n) is 3.08. The van der Waals surface area contributed by atoms with Gasteiger partial charge in [-0.2, -0.15) is 5.10 Å². The average molecular weight is 302 g/mol. The molecular weight excluding hydrogens is 280 g/mol. The van der Waals surface area contributed by atoms with Crippen molar-refractivity contribution in [3.8, 4) is 0 Å². The van der Waals surface area contributed by atoms with E-state index in [9.17, 15) is 4.79 Å². The Hall–Kier alpha value is -2.08. The minimum atomic E-state index is -0.181. The number of nitrogens with zero attached hydrogens (tertiary/aromatic N) is 2. The van der Waals surface area contributed by atoms with Crippen LogP contribution in [0.1, 0.15) is 46.3 Å². The molecular formula is C16H22N4O2. The van der Waals surface area contributed by atoms with Crippen LogP contribution in [0, 0.1) is 6.92 Å². The first-order valence-corrected chi connectivity index (χ1v) is 7.70. The Bertz CT molecular complexity index is 638. The van der Waals surface area contributed by atoms with Crippen molar-refractivity contribution in [2.45, 2.75) is 32.2 Å². The third-order valence-electron chi connectivity index (χ3n) is 4.36. The summed E-state index contributed by atoms with van der Waals surface area (Å²) in [6, 6.07) is 3.62. The fourth-order valence-corrected chi connectivity index (χ4v) is 3.08. The van der Waals surface area contributed by atoms with Crippen LogP contribution in [-0.4, -0.2) is 41.1 Å². The van der Waals surface area contributed by atoms with Crippen LogP contribution >= 0.6 is 0 Å². The molecule has 1 aliphatic heterocycles. The molecule has 0 saturated carbocycles. The highest BCUT2D eigenvalue weighted by atomic mass is 16.4. The fraction of sp³-hybridized carbons (Fsp3) is 0.500. The molecule has 118 valence electrons. The molecule has 1 aliphatic rings. The van der Waals surface area contributed by atoms with Crippen molar-refractivity contribution in [1.29, 1.82) is 0 Å². The predicted octanol–water partition coefficient (Wildman–Crippen LogP) is 2.05. The van der Waals surface area contributed by atoms with Crippen LogP contribution in [0.25, 0.3) is 0 Å². The van der Waals surface area contributed by atoms with Gasteiger partial charge in [-0.3, -0.25) is 14.8 Å². The van der Waals surface area contributed by atoms with Crippen LogP contribution in [0.4, 0.5) is 0 Å². The Kier molecular flexibility index (Phi) is 4.29. The Morgan fingerprint density at radius 3 is 2.86 bits per heavy atom. The molecule has 1 saturated heterocycles. The van der Waals surface area contributed by atoms with E-state index in [1.165, 1.54) is 11.3 Å². The second-order valence-corrected chi connectivity index (χ2v) is 5.86. The summed E-state index contributed by atoms with van der Waals surface area (Å²) < 4.78 is 5.59. The number of amides is 1. The number of hydrogen-bond acceptors (Lipinski definition) is 4. The number of nitrogens with one attached hydrogen (secondary N) is 2. The third-order valence-corrected chi connectivity index (χ3v) is 4.36. The Balaban J connectivity index is 1.55. The molecule has 3 heterocycles. The van der Waals surface area contributed by atoms with Crippen LogP contribution in [0.5, 0.6) is 0 Å². The molecule has 0 spiro atoms. The molecule has 0 aromatic carbocycles. The molecule has 2 aromatic rings. The zero-order valence-corrected chi connectivity index (χ0v) is 13.1. The van der Waals surface area contributed by atoms with Crippen molar-refractivity contribution in [2.24, 2.45) is 0 Å². The summed E-state index contributed by atoms with van der Waals surface area (Å²) in [5.74, 6) is 1.60. The van der Waals surface area contributed by atoms with Crippen molar-refractivity contribution in [1.82, 2.24) is 20.4 Å². The van der Waals surface area contributed by atoms with E-state index >= 15 is 0 Å². The first-order valence-electron chi connectivity index (χ1n) is 7.70. The predicted molar refractivity (Wildman–Crippen MR) is 82.7 cm³/mol. The smallest absolute Gasteiger partial charge is 0.286 e. The van der Waals surface area contributed by atoms with E-state index in [2.05, 4.69) is 27.3 Å². The Labute approximate surface area is 129 Å². The first-order chi connectivity index (χ1) is 10.7. The zero-order chi connectivity index (χ0) is 15.5. The first kappa shape index (κ1) is 14.8. The molecule has 1 fully saturated rings. The Morgan fingerprint density at radius 2 is 2.23 bits per heavy atom. The number of H-pyrrole nitrogens is 1. The van der Waals surface area contributed by atoms with Crippen LogP contribution in [-0.2, 0) is 6.54 Å². The van der Waals surface area contributed by atoms with Crippen molar-refractivity contribution < 1.29 is 9.21 Å². The van der Waals surface area contributed by atoms with Crippen molar-refractivity contribution in [3.63, 3.8) is 0 Å². The molecule has 0 radical (unpaired) electrons. The molecule has 6 nitrogen and oxygen atoms in total. The highest BCUT2D eigenvalue weighted by Gasteiger charge is 2.23. The summed E-state index contributed by atoms with van der Waals surface area (Å²) in [6.45, 7) is 4.91. The van der Waals surface area contributed by atoms with Crippen LogP contribution in [0.15, 0.2) is 22.7 Å². The van der Waals surface area contributed by atoms with E-state index in [1.54, 1.807) is 13.1 Å². The molecule has 0 bridgehead atoms. The van der Waals surface area contributed by atoms with Gasteiger partial charge < -0.3 is 9.73 Å². The second kappa shape index (κ2) is 6.36. The van der Waals surface area contributed by atoms with E-state index in [4.69, 9.17) is 4.42 Å². The van der Waals surface area contributed by atoms with Gasteiger partial charge in [0.25, 0.3) is 5.91 Å². The number of aromatic amines is 1. The molecule has 0 unspecified atom stereocenters. The largest absolute Gasteiger partial charge is 0.455 e. The topological polar surface area (TPSA) is 74.2 Å². The summed E-state index contributed by atoms with van der Waals surface area (Å²) in [7, 11) is 1.60. The summed E-state index contributed by atoms with van der Waals surface area (Å²) >= 11 is 0. The summed E-state index contributed by atoms with van der Waals surface area (Å²) in [6.07, 6.45) is 4.13. The van der Waals surface area contributed by atoms with Gasteiger partial charge >= 0.3 is 0 Å². The summed E-state index contributed by atoms with van der Waals surface area (Å²) in [5, 5.41) is 9.82. The minimum Gasteiger partial charge on any atom is -0.455 e. The molecule has 0 aliphatic carbocycles. The van der Waals surface area contributed by atoms with Gasteiger partial charge in [0.05, 0.1) is 12.7 Å². The van der Waals surface area contributed by atoms with Gasteiger partial charge in [-0.05, 0) is 50.6 Å². The van der Waals surface area contributed by atoms with Crippen molar-refractivity contribution in [2.75, 3.05) is 20.1 Å². The van der Waals surface area contributed by atoms with Gasteiger partial charge in [0, 0.05) is 18.7 Å². The Morgan fingerprint density at radius 1 is 1.45 bits per heavy atom. The van der Waals surface area contributed by atoms with Crippen LogP contribution < -0.4 is 5.32 Å². The monoisotopic (exact) mass is 302 g/mol. The van der Waals surface area contributed by atoms with Gasteiger partial charge in [-0.1, -0.05) is 0 Å². The second-order valence-electron chi connectivity index (χ2n) is 5.86. The summed E-state index contributed by atoms with van der Waals surface area (Å²) in [5.41, 5.74) is 2.53. The number of carbonyl (C=O) groups excluding carboxylic acids is 1. The van der Waals surface area contributed by atoms with Gasteiger partial charge in [-0.15, -0.1) is 0 Å². The lowest BCUT2D eigenvalue weighted by atomic mass is 9.92. The van der Waals surface area contributed by atoms with Gasteiger partial charge in [0.15, 0.2) is 5.76 Å². The van der Waals surface area contributed by atoms with Gasteiger partial charge in [-0.25, -0.2) is 0 Å². The maximum absolute atomic E-state index is 11.5. The highest BCUT2D eigenvalue weighted by molar-refractivity contribution is 5.91. The van der Waals surface area contributed by atoms with E-state index in [1.807, 2.05) is 12.3 Å². The SMILES string of the molecule is CNC(=O)c1ccc(CN2CCC(c3[nH]ncc3C)CC2)o1. The quantitative estimate of drug-likeness (QED) is 0.906. The minimum absolute atomic E-state index is 0.181. The van der Waals surface area contributed by atoms with Gasteiger partial charge in [0.1, 0.15) is 5.76 Å². The normalized spacial score (nSPS) is 16.8. The van der Waals surface area contributed by atoms with E-state index < -0.39 is 0 Å². The van der Waals surface area contributed by atoms with E-state index in [-0.39, 0.29) is 5.91 Å². The van der Waals surface area contributed by atoms with Gasteiger partial charge in [0.2, 0.25) is 0 Å². The molecule has 2 N–H and O–H groups in total. The number of aromatic nitrogens is 2. The average Bonchev–Trinajstić information content (AvgIpc) is 3.16. The molecule has 0 atom stereocenters. The molecule has 2 aromatic heterocycles. The number of piperidine rings is 1. The van der Waals surface area contributed by atoms with E-state index in [0.717, 1.165) is 38.2 Å². The lowest BCUT2D eigenvalue weighted by Crippen LogP contribution is -2.32. The standard InChI is InChI=1S/C16H22N4O2/c1-11-9-18-19-15(11)12-5-7-20(8-6-12)10-13-3-4-14(22-13)16(21)17-2/h3-4,9,12H,5-8,10H2,1-2H3,(H,17,21)(H,18,19). The van der Waals surface area contributed by atoms with Crippen LogP contribution in [0.2, 0.25) is 0 Å². The van der Waals surface area contributed by atoms with E-state index in [0.29, 0.717) is 11.7 Å². The highest BCUT2D eigenvalue weighted by Crippen LogP contribution is 2.29. The molecule has 3 rings (SSSR count). The van der Waals surface area contributed by atoms with Crippen molar-refractivity contribution >= 4 is 5.91 Å². The summed E-state index contributed by atoms with van der Waals surface area (Å²) in [4.78, 5) is 13.9. The molecule has 6 heteroatoms. The molecule has 1 amide bonds. The number of rotatable bonds is 4.